The van der Waals surface area contributed by atoms with Crippen LogP contribution >= 0.6 is 0 Å². The molecule has 0 aliphatic heterocycles. The Hall–Kier alpha value is -0.570. The van der Waals surface area contributed by atoms with Crippen molar-refractivity contribution in [2.45, 2.75) is 129 Å². The van der Waals surface area contributed by atoms with Gasteiger partial charge in [-0.3, -0.25) is 4.79 Å². The Morgan fingerprint density at radius 3 is 1.35 bits per heavy atom. The molecule has 0 aromatic carbocycles. The van der Waals surface area contributed by atoms with Crippen LogP contribution in [0.5, 0.6) is 0 Å². The number of primary amides is 1. The van der Waals surface area contributed by atoms with Gasteiger partial charge < -0.3 is 10.6 Å². The number of unbranched alkanes of at least 4 members (excludes halogenated alkanes) is 15. The normalized spacial score (nSPS) is 12.6. The first-order valence-corrected chi connectivity index (χ1v) is 11.5. The average molecular weight is 369 g/mol. The van der Waals surface area contributed by atoms with Gasteiger partial charge in [-0.25, -0.2) is 0 Å². The number of carbonyl (C=O) groups excluding carboxylic acids is 1. The Morgan fingerprint density at radius 2 is 1.04 bits per heavy atom. The van der Waals surface area contributed by atoms with Gasteiger partial charge in [0.1, 0.15) is 0 Å². The lowest BCUT2D eigenvalue weighted by Gasteiger charge is -2.22. The molecule has 0 aromatic rings. The third kappa shape index (κ3) is 18.2. The van der Waals surface area contributed by atoms with E-state index in [1.54, 1.807) is 0 Å². The molecule has 0 fully saturated rings. The van der Waals surface area contributed by atoms with Crippen molar-refractivity contribution < 1.29 is 4.79 Å². The molecule has 2 N–H and O–H groups in total. The molecule has 156 valence electrons. The maximum Gasteiger partial charge on any atom is 0.218 e. The lowest BCUT2D eigenvalue weighted by molar-refractivity contribution is -0.119. The van der Waals surface area contributed by atoms with Crippen LogP contribution in [-0.2, 0) is 4.79 Å². The molecule has 0 aliphatic rings. The molecule has 1 unspecified atom stereocenters. The molecule has 26 heavy (non-hydrogen) atoms. The molecule has 0 rings (SSSR count). The monoisotopic (exact) mass is 368 g/mol. The van der Waals surface area contributed by atoms with E-state index in [2.05, 4.69) is 11.8 Å². The molecular formula is C23H48N2O. The van der Waals surface area contributed by atoms with E-state index >= 15 is 0 Å². The van der Waals surface area contributed by atoms with E-state index < -0.39 is 0 Å². The van der Waals surface area contributed by atoms with E-state index in [4.69, 9.17) is 5.73 Å². The van der Waals surface area contributed by atoms with E-state index in [1.165, 1.54) is 103 Å². The van der Waals surface area contributed by atoms with E-state index in [0.717, 1.165) is 6.42 Å². The van der Waals surface area contributed by atoms with Gasteiger partial charge >= 0.3 is 0 Å². The summed E-state index contributed by atoms with van der Waals surface area (Å²) in [7, 11) is 4.08. The minimum Gasteiger partial charge on any atom is -0.370 e. The molecule has 0 saturated carbocycles. The van der Waals surface area contributed by atoms with Crippen LogP contribution in [0.4, 0.5) is 0 Å². The van der Waals surface area contributed by atoms with E-state index in [-0.39, 0.29) is 5.91 Å². The maximum absolute atomic E-state index is 11.1. The predicted octanol–water partition coefficient (Wildman–Crippen LogP) is 6.44. The molecule has 3 nitrogen and oxygen atoms in total. The van der Waals surface area contributed by atoms with Crippen molar-refractivity contribution in [3.8, 4) is 0 Å². The number of nitrogens with zero attached hydrogens (tertiary/aromatic N) is 1. The molecule has 0 bridgehead atoms. The highest BCUT2D eigenvalue weighted by molar-refractivity contribution is 5.74. The highest BCUT2D eigenvalue weighted by Crippen LogP contribution is 2.15. The van der Waals surface area contributed by atoms with Crippen LogP contribution in [0.25, 0.3) is 0 Å². The molecule has 3 heteroatoms. The van der Waals surface area contributed by atoms with Crippen molar-refractivity contribution in [3.05, 3.63) is 0 Å². The van der Waals surface area contributed by atoms with Crippen LogP contribution in [0, 0.1) is 0 Å². The molecule has 0 radical (unpaired) electrons. The highest BCUT2D eigenvalue weighted by Gasteiger charge is 2.13. The third-order valence-electron chi connectivity index (χ3n) is 5.56. The Labute approximate surface area is 164 Å². The highest BCUT2D eigenvalue weighted by atomic mass is 16.1. The third-order valence-corrected chi connectivity index (χ3v) is 5.56. The van der Waals surface area contributed by atoms with Gasteiger partial charge in [-0.15, -0.1) is 0 Å². The Balaban J connectivity index is 3.25. The zero-order valence-corrected chi connectivity index (χ0v) is 18.2. The van der Waals surface area contributed by atoms with Crippen molar-refractivity contribution in [2.24, 2.45) is 5.73 Å². The van der Waals surface area contributed by atoms with Gasteiger partial charge in [-0.2, -0.15) is 0 Å². The predicted molar refractivity (Wildman–Crippen MR) is 115 cm³/mol. The first-order valence-electron chi connectivity index (χ1n) is 11.5. The summed E-state index contributed by atoms with van der Waals surface area (Å²) < 4.78 is 0. The number of nitrogens with two attached hydrogens (primary N) is 1. The Kier molecular flexibility index (Phi) is 18.8. The fourth-order valence-electron chi connectivity index (χ4n) is 3.70. The first-order chi connectivity index (χ1) is 12.6. The van der Waals surface area contributed by atoms with Crippen molar-refractivity contribution in [3.63, 3.8) is 0 Å². The molecule has 0 heterocycles. The lowest BCUT2D eigenvalue weighted by Crippen LogP contribution is -2.32. The minimum absolute atomic E-state index is 0.180. The van der Waals surface area contributed by atoms with E-state index in [1.807, 2.05) is 14.1 Å². The summed E-state index contributed by atoms with van der Waals surface area (Å²) >= 11 is 0. The smallest absolute Gasteiger partial charge is 0.218 e. The second-order valence-corrected chi connectivity index (χ2v) is 8.38. The fourth-order valence-corrected chi connectivity index (χ4v) is 3.70. The lowest BCUT2D eigenvalue weighted by atomic mass is 10.0. The standard InChI is InChI=1S/C23H48N2O/c1-4-5-6-7-8-9-10-11-12-13-14-15-16-17-18-19-20-22(25(2)3)21-23(24)26/h22H,4-21H2,1-3H3,(H2,24,26). The minimum atomic E-state index is -0.180. The molecule has 0 spiro atoms. The number of hydrogen-bond donors (Lipinski definition) is 1. The zero-order chi connectivity index (χ0) is 19.5. The molecule has 0 saturated heterocycles. The van der Waals surface area contributed by atoms with Crippen LogP contribution in [0.15, 0.2) is 0 Å². The van der Waals surface area contributed by atoms with Crippen molar-refractivity contribution in [1.29, 1.82) is 0 Å². The van der Waals surface area contributed by atoms with Gasteiger partial charge in [0, 0.05) is 12.5 Å². The van der Waals surface area contributed by atoms with E-state index in [0.29, 0.717) is 12.5 Å². The van der Waals surface area contributed by atoms with Gasteiger partial charge in [-0.05, 0) is 20.5 Å². The van der Waals surface area contributed by atoms with Gasteiger partial charge in [0.05, 0.1) is 0 Å². The summed E-state index contributed by atoms with van der Waals surface area (Å²) in [6, 6.07) is 0.319. The first kappa shape index (κ1) is 25.4. The van der Waals surface area contributed by atoms with Crippen molar-refractivity contribution in [2.75, 3.05) is 14.1 Å². The largest absolute Gasteiger partial charge is 0.370 e. The number of carbonyl (C=O) groups is 1. The number of rotatable bonds is 20. The summed E-state index contributed by atoms with van der Waals surface area (Å²) in [5.41, 5.74) is 5.33. The van der Waals surface area contributed by atoms with Gasteiger partial charge in [0.25, 0.3) is 0 Å². The van der Waals surface area contributed by atoms with Gasteiger partial charge in [0.2, 0.25) is 5.91 Å². The summed E-state index contributed by atoms with van der Waals surface area (Å²) in [6.45, 7) is 2.28. The van der Waals surface area contributed by atoms with Crippen LogP contribution < -0.4 is 5.73 Å². The summed E-state index contributed by atoms with van der Waals surface area (Å²) in [4.78, 5) is 13.2. The van der Waals surface area contributed by atoms with Gasteiger partial charge in [-0.1, -0.05) is 110 Å². The zero-order valence-electron chi connectivity index (χ0n) is 18.2. The van der Waals surface area contributed by atoms with Crippen molar-refractivity contribution in [1.82, 2.24) is 4.90 Å². The molecular weight excluding hydrogens is 320 g/mol. The van der Waals surface area contributed by atoms with Crippen LogP contribution in [0.2, 0.25) is 0 Å². The van der Waals surface area contributed by atoms with Crippen LogP contribution in [0.1, 0.15) is 122 Å². The van der Waals surface area contributed by atoms with E-state index in [9.17, 15) is 4.79 Å². The Bertz CT molecular complexity index is 305. The van der Waals surface area contributed by atoms with Crippen molar-refractivity contribution >= 4 is 5.91 Å². The fraction of sp³-hybridized carbons (Fsp3) is 0.957. The molecule has 1 atom stereocenters. The summed E-state index contributed by atoms with van der Waals surface area (Å²) in [6.07, 6.45) is 24.0. The van der Waals surface area contributed by atoms with Crippen LogP contribution in [0.3, 0.4) is 0 Å². The second kappa shape index (κ2) is 19.2. The summed E-state index contributed by atoms with van der Waals surface area (Å²) in [5.74, 6) is -0.180. The molecule has 1 amide bonds. The average Bonchev–Trinajstić information content (AvgIpc) is 2.59. The topological polar surface area (TPSA) is 46.3 Å². The second-order valence-electron chi connectivity index (χ2n) is 8.38. The van der Waals surface area contributed by atoms with Gasteiger partial charge in [0.15, 0.2) is 0 Å². The quantitative estimate of drug-likeness (QED) is 0.251. The molecule has 0 aromatic heterocycles. The van der Waals surface area contributed by atoms with Crippen LogP contribution in [-0.4, -0.2) is 30.9 Å². The maximum atomic E-state index is 11.1. The Morgan fingerprint density at radius 1 is 0.692 bits per heavy atom. The number of amides is 1. The number of hydrogen-bond acceptors (Lipinski definition) is 2. The SMILES string of the molecule is CCCCCCCCCCCCCCCCCCC(CC(N)=O)N(C)C. The molecule has 0 aliphatic carbocycles. The summed E-state index contributed by atoms with van der Waals surface area (Å²) in [5, 5.41) is 0.